The molecule has 0 aliphatic carbocycles. The number of aromatic hydroxyl groups is 1. The number of benzene rings is 2. The van der Waals surface area contributed by atoms with Crippen LogP contribution in [0.2, 0.25) is 5.02 Å². The van der Waals surface area contributed by atoms with E-state index in [1.54, 1.807) is 36.4 Å². The van der Waals surface area contributed by atoms with E-state index in [0.717, 1.165) is 0 Å². The van der Waals surface area contributed by atoms with Gasteiger partial charge in [0.1, 0.15) is 5.75 Å². The Morgan fingerprint density at radius 1 is 1.00 bits per heavy atom. The topological polar surface area (TPSA) is 93.6 Å². The molecule has 0 aliphatic rings. The van der Waals surface area contributed by atoms with Gasteiger partial charge in [-0.25, -0.2) is 0 Å². The fraction of sp³-hybridized carbons (Fsp3) is 0. The highest BCUT2D eigenvalue weighted by atomic mass is 35.5. The fourth-order valence-corrected chi connectivity index (χ4v) is 2.11. The van der Waals surface area contributed by atoms with Crippen molar-refractivity contribution in [2.45, 2.75) is 0 Å². The maximum absolute atomic E-state index is 11.9. The van der Waals surface area contributed by atoms with Crippen LogP contribution >= 0.6 is 11.6 Å². The lowest BCUT2D eigenvalue weighted by Crippen LogP contribution is -1.96. The van der Waals surface area contributed by atoms with Crippen molar-refractivity contribution in [1.82, 2.24) is 10.2 Å². The molecule has 0 amide bonds. The monoisotopic (exact) mass is 314 g/mol. The van der Waals surface area contributed by atoms with E-state index in [2.05, 4.69) is 20.4 Å². The number of rotatable bonds is 3. The number of phenols is 1. The molecule has 2 aromatic carbocycles. The van der Waals surface area contributed by atoms with Crippen LogP contribution in [0.15, 0.2) is 63.6 Å². The van der Waals surface area contributed by atoms with Gasteiger partial charge in [-0.3, -0.25) is 15.0 Å². The maximum atomic E-state index is 11.9. The van der Waals surface area contributed by atoms with Crippen LogP contribution < -0.4 is 5.56 Å². The van der Waals surface area contributed by atoms with Gasteiger partial charge >= 0.3 is 0 Å². The largest absolute Gasteiger partial charge is 0.508 e. The summed E-state index contributed by atoms with van der Waals surface area (Å²) in [4.78, 5) is 11.9. The smallest absolute Gasteiger partial charge is 0.292 e. The molecule has 0 bridgehead atoms. The zero-order valence-electron chi connectivity index (χ0n) is 11.2. The van der Waals surface area contributed by atoms with Gasteiger partial charge in [0.2, 0.25) is 0 Å². The van der Waals surface area contributed by atoms with E-state index >= 15 is 0 Å². The first kappa shape index (κ1) is 14.1. The average Bonchev–Trinajstić information content (AvgIpc) is 2.87. The molecular formula is C15H11ClN4O2. The number of H-pyrrole nitrogens is 2. The molecule has 0 radical (unpaired) electrons. The first-order valence-electron chi connectivity index (χ1n) is 6.41. The molecule has 0 atom stereocenters. The van der Waals surface area contributed by atoms with E-state index in [4.69, 9.17) is 11.6 Å². The highest BCUT2D eigenvalue weighted by Crippen LogP contribution is 2.28. The first-order valence-corrected chi connectivity index (χ1v) is 6.78. The lowest BCUT2D eigenvalue weighted by molar-refractivity contribution is 0.475. The van der Waals surface area contributed by atoms with Gasteiger partial charge in [0.25, 0.3) is 5.56 Å². The number of nitrogens with zero attached hydrogens (tertiary/aromatic N) is 2. The van der Waals surface area contributed by atoms with Crippen LogP contribution in [-0.4, -0.2) is 15.3 Å². The third-order valence-corrected chi connectivity index (χ3v) is 3.22. The van der Waals surface area contributed by atoms with Crippen molar-refractivity contribution in [3.63, 3.8) is 0 Å². The zero-order chi connectivity index (χ0) is 15.5. The number of nitrogens with one attached hydrogen (secondary N) is 2. The third-order valence-electron chi connectivity index (χ3n) is 2.98. The number of phenolic OH excluding ortho intramolecular Hbond substituents is 1. The Bertz CT molecular complexity index is 881. The second-order valence-electron chi connectivity index (χ2n) is 4.53. The minimum absolute atomic E-state index is 0.142. The van der Waals surface area contributed by atoms with Crippen LogP contribution in [0.25, 0.3) is 11.3 Å². The Kier molecular flexibility index (Phi) is 3.76. The standard InChI is InChI=1S/C15H11ClN4O2/c16-10-2-1-3-11(8-10)17-19-14-13(18-20-15(14)22)9-4-6-12(21)7-5-9/h1-8,21H,(H2,18,20,22). The normalized spacial score (nSPS) is 11.1. The molecule has 0 saturated heterocycles. The molecule has 6 nitrogen and oxygen atoms in total. The Labute approximate surface area is 130 Å². The number of aromatic amines is 2. The molecular weight excluding hydrogens is 304 g/mol. The predicted octanol–water partition coefficient (Wildman–Crippen LogP) is 4.14. The van der Waals surface area contributed by atoms with E-state index < -0.39 is 0 Å². The van der Waals surface area contributed by atoms with Crippen LogP contribution in [0.4, 0.5) is 11.4 Å². The molecule has 3 N–H and O–H groups in total. The predicted molar refractivity (Wildman–Crippen MR) is 84.1 cm³/mol. The van der Waals surface area contributed by atoms with Crippen LogP contribution in [0.1, 0.15) is 0 Å². The van der Waals surface area contributed by atoms with Crippen LogP contribution in [-0.2, 0) is 0 Å². The molecule has 0 aliphatic heterocycles. The molecule has 7 heteroatoms. The molecule has 1 aromatic heterocycles. The van der Waals surface area contributed by atoms with Crippen molar-refractivity contribution in [3.05, 3.63) is 63.9 Å². The van der Waals surface area contributed by atoms with Gasteiger partial charge in [0.05, 0.1) is 11.4 Å². The van der Waals surface area contributed by atoms with E-state index in [0.29, 0.717) is 22.0 Å². The Hall–Kier alpha value is -2.86. The quantitative estimate of drug-likeness (QED) is 0.633. The number of aromatic nitrogens is 2. The van der Waals surface area contributed by atoms with Crippen LogP contribution in [0, 0.1) is 0 Å². The van der Waals surface area contributed by atoms with Crippen molar-refractivity contribution >= 4 is 23.0 Å². The van der Waals surface area contributed by atoms with Crippen LogP contribution in [0.5, 0.6) is 5.75 Å². The van der Waals surface area contributed by atoms with Crippen LogP contribution in [0.3, 0.4) is 0 Å². The minimum atomic E-state index is -0.381. The summed E-state index contributed by atoms with van der Waals surface area (Å²) < 4.78 is 0. The zero-order valence-corrected chi connectivity index (χ0v) is 12.0. The van der Waals surface area contributed by atoms with Gasteiger partial charge in [-0.05, 0) is 42.5 Å². The van der Waals surface area contributed by atoms with Gasteiger partial charge in [0.15, 0.2) is 5.69 Å². The molecule has 110 valence electrons. The summed E-state index contributed by atoms with van der Waals surface area (Å²) in [5.74, 6) is 0.142. The lowest BCUT2D eigenvalue weighted by atomic mass is 10.1. The molecule has 1 heterocycles. The van der Waals surface area contributed by atoms with E-state index in [9.17, 15) is 9.90 Å². The maximum Gasteiger partial charge on any atom is 0.292 e. The third kappa shape index (κ3) is 2.91. The average molecular weight is 315 g/mol. The van der Waals surface area contributed by atoms with E-state index in [1.807, 2.05) is 0 Å². The molecule has 0 fully saturated rings. The van der Waals surface area contributed by atoms with Gasteiger partial charge in [-0.1, -0.05) is 17.7 Å². The van der Waals surface area contributed by atoms with Gasteiger partial charge in [0, 0.05) is 10.6 Å². The number of hydrogen-bond acceptors (Lipinski definition) is 4. The Morgan fingerprint density at radius 3 is 2.50 bits per heavy atom. The minimum Gasteiger partial charge on any atom is -0.508 e. The van der Waals surface area contributed by atoms with Crippen molar-refractivity contribution in [2.24, 2.45) is 10.2 Å². The van der Waals surface area contributed by atoms with Crippen molar-refractivity contribution in [3.8, 4) is 17.0 Å². The summed E-state index contributed by atoms with van der Waals surface area (Å²) in [7, 11) is 0. The number of hydrogen-bond donors (Lipinski definition) is 3. The SMILES string of the molecule is O=c1[nH][nH]c(-c2ccc(O)cc2)c1N=Nc1cccc(Cl)c1. The van der Waals surface area contributed by atoms with Gasteiger partial charge < -0.3 is 5.11 Å². The Balaban J connectivity index is 1.99. The summed E-state index contributed by atoms with van der Waals surface area (Å²) in [5.41, 5.74) is 1.52. The van der Waals surface area contributed by atoms with Crippen molar-refractivity contribution < 1.29 is 5.11 Å². The molecule has 0 unspecified atom stereocenters. The first-order chi connectivity index (χ1) is 10.6. The molecule has 22 heavy (non-hydrogen) atoms. The van der Waals surface area contributed by atoms with Gasteiger partial charge in [-0.15, -0.1) is 5.11 Å². The second kappa shape index (κ2) is 5.87. The van der Waals surface area contributed by atoms with Crippen molar-refractivity contribution in [2.75, 3.05) is 0 Å². The summed E-state index contributed by atoms with van der Waals surface area (Å²) in [6.07, 6.45) is 0. The molecule has 3 rings (SSSR count). The lowest BCUT2D eigenvalue weighted by Gasteiger charge is -1.99. The molecule has 3 aromatic rings. The fourth-order valence-electron chi connectivity index (χ4n) is 1.93. The highest BCUT2D eigenvalue weighted by molar-refractivity contribution is 6.30. The molecule has 0 spiro atoms. The summed E-state index contributed by atoms with van der Waals surface area (Å²) in [6, 6.07) is 13.3. The van der Waals surface area contributed by atoms with Gasteiger partial charge in [-0.2, -0.15) is 5.11 Å². The second-order valence-corrected chi connectivity index (χ2v) is 4.97. The highest BCUT2D eigenvalue weighted by Gasteiger charge is 2.11. The summed E-state index contributed by atoms with van der Waals surface area (Å²) in [5, 5.41) is 23.1. The van der Waals surface area contributed by atoms with Crippen molar-refractivity contribution in [1.29, 1.82) is 0 Å². The number of halogens is 1. The molecule has 0 saturated carbocycles. The number of azo groups is 1. The summed E-state index contributed by atoms with van der Waals surface area (Å²) >= 11 is 5.88. The Morgan fingerprint density at radius 2 is 1.77 bits per heavy atom. The van der Waals surface area contributed by atoms with E-state index in [1.165, 1.54) is 12.1 Å². The van der Waals surface area contributed by atoms with E-state index in [-0.39, 0.29) is 17.0 Å². The summed E-state index contributed by atoms with van der Waals surface area (Å²) in [6.45, 7) is 0.